The van der Waals surface area contributed by atoms with Gasteiger partial charge in [-0.1, -0.05) is 25.7 Å². The van der Waals surface area contributed by atoms with Crippen molar-refractivity contribution in [2.24, 2.45) is 11.7 Å². The van der Waals surface area contributed by atoms with Crippen LogP contribution in [0.1, 0.15) is 57.8 Å². The summed E-state index contributed by atoms with van der Waals surface area (Å²) in [5.74, 6) is 0.922. The highest BCUT2D eigenvalue weighted by molar-refractivity contribution is 5.85. The topological polar surface area (TPSA) is 55.6 Å². The molecule has 0 aromatic heterocycles. The number of nitrogens with zero attached hydrogens (tertiary/aromatic N) is 1. The predicted molar refractivity (Wildman–Crippen MR) is 87.6 cm³/mol. The van der Waals surface area contributed by atoms with Gasteiger partial charge in [-0.15, -0.1) is 12.4 Å². The molecule has 4 nitrogen and oxygen atoms in total. The summed E-state index contributed by atoms with van der Waals surface area (Å²) in [6.45, 7) is 1.36. The van der Waals surface area contributed by atoms with Crippen molar-refractivity contribution in [3.8, 4) is 0 Å². The molecule has 0 aromatic rings. The molecule has 0 radical (unpaired) electrons. The van der Waals surface area contributed by atoms with Crippen molar-refractivity contribution in [2.75, 3.05) is 20.2 Å². The van der Waals surface area contributed by atoms with Gasteiger partial charge in [0, 0.05) is 32.7 Å². The first kappa shape index (κ1) is 18.7. The van der Waals surface area contributed by atoms with Crippen LogP contribution in [-0.2, 0) is 9.53 Å². The Morgan fingerprint density at radius 3 is 2.43 bits per heavy atom. The molecule has 1 aliphatic heterocycles. The van der Waals surface area contributed by atoms with E-state index in [0.29, 0.717) is 18.4 Å². The highest BCUT2D eigenvalue weighted by atomic mass is 35.5. The van der Waals surface area contributed by atoms with Gasteiger partial charge in [0.2, 0.25) is 5.91 Å². The maximum absolute atomic E-state index is 12.6. The van der Waals surface area contributed by atoms with Crippen LogP contribution in [0.25, 0.3) is 0 Å². The lowest BCUT2D eigenvalue weighted by Gasteiger charge is -2.39. The van der Waals surface area contributed by atoms with Gasteiger partial charge >= 0.3 is 0 Å². The third-order valence-electron chi connectivity index (χ3n) is 5.03. The zero-order valence-corrected chi connectivity index (χ0v) is 14.1. The Morgan fingerprint density at radius 1 is 1.19 bits per heavy atom. The maximum atomic E-state index is 12.6. The number of nitrogens with two attached hydrogens (primary N) is 1. The maximum Gasteiger partial charge on any atom is 0.223 e. The van der Waals surface area contributed by atoms with Crippen molar-refractivity contribution < 1.29 is 9.53 Å². The molecule has 0 spiro atoms. The normalized spacial score (nSPS) is 27.8. The predicted octanol–water partition coefficient (Wildman–Crippen LogP) is 2.73. The third-order valence-corrected chi connectivity index (χ3v) is 5.03. The quantitative estimate of drug-likeness (QED) is 0.811. The second-order valence-electron chi connectivity index (χ2n) is 6.42. The molecule has 1 aliphatic carbocycles. The van der Waals surface area contributed by atoms with E-state index in [4.69, 9.17) is 10.5 Å². The molecule has 1 saturated heterocycles. The molecule has 1 saturated carbocycles. The van der Waals surface area contributed by atoms with Crippen LogP contribution in [0.5, 0.6) is 0 Å². The number of rotatable bonds is 4. The van der Waals surface area contributed by atoms with E-state index in [2.05, 4.69) is 0 Å². The molecule has 0 aromatic carbocycles. The van der Waals surface area contributed by atoms with Gasteiger partial charge in [0.05, 0.1) is 6.10 Å². The van der Waals surface area contributed by atoms with Gasteiger partial charge in [-0.05, 0) is 31.6 Å². The molecule has 2 fully saturated rings. The Kier molecular flexibility index (Phi) is 8.60. The van der Waals surface area contributed by atoms with Gasteiger partial charge in [-0.3, -0.25) is 4.79 Å². The fourth-order valence-corrected chi connectivity index (χ4v) is 3.71. The number of piperidine rings is 1. The Hall–Kier alpha value is -0.320. The van der Waals surface area contributed by atoms with Crippen molar-refractivity contribution >= 4 is 18.3 Å². The second-order valence-corrected chi connectivity index (χ2v) is 6.42. The fraction of sp³-hybridized carbons (Fsp3) is 0.938. The van der Waals surface area contributed by atoms with Gasteiger partial charge < -0.3 is 15.4 Å². The number of methoxy groups -OCH3 is 1. The summed E-state index contributed by atoms with van der Waals surface area (Å²) in [6, 6.07) is 0.173. The third kappa shape index (κ3) is 5.42. The monoisotopic (exact) mass is 318 g/mol. The summed E-state index contributed by atoms with van der Waals surface area (Å²) < 4.78 is 5.42. The molecule has 1 heterocycles. The molecule has 0 bridgehead atoms. The van der Waals surface area contributed by atoms with E-state index < -0.39 is 0 Å². The van der Waals surface area contributed by atoms with Crippen LogP contribution in [0.2, 0.25) is 0 Å². The first-order chi connectivity index (χ1) is 9.74. The highest BCUT2D eigenvalue weighted by Gasteiger charge is 2.31. The van der Waals surface area contributed by atoms with Crippen LogP contribution >= 0.6 is 12.4 Å². The molecule has 1 amide bonds. The van der Waals surface area contributed by atoms with Crippen molar-refractivity contribution in [1.82, 2.24) is 4.90 Å². The number of halogens is 1. The number of hydrogen-bond donors (Lipinski definition) is 1. The molecule has 2 atom stereocenters. The smallest absolute Gasteiger partial charge is 0.223 e. The van der Waals surface area contributed by atoms with E-state index in [9.17, 15) is 4.79 Å². The first-order valence-corrected chi connectivity index (χ1v) is 8.27. The van der Waals surface area contributed by atoms with E-state index in [1.165, 1.54) is 38.5 Å². The van der Waals surface area contributed by atoms with E-state index in [0.717, 1.165) is 25.8 Å². The summed E-state index contributed by atoms with van der Waals surface area (Å²) in [4.78, 5) is 14.6. The summed E-state index contributed by atoms with van der Waals surface area (Å²) in [7, 11) is 1.75. The Balaban J connectivity index is 0.00000220. The van der Waals surface area contributed by atoms with Crippen molar-refractivity contribution in [2.45, 2.75) is 69.9 Å². The Morgan fingerprint density at radius 2 is 1.86 bits per heavy atom. The number of hydrogen-bond acceptors (Lipinski definition) is 3. The molecule has 2 rings (SSSR count). The van der Waals surface area contributed by atoms with E-state index >= 15 is 0 Å². The van der Waals surface area contributed by atoms with Crippen LogP contribution in [0.3, 0.4) is 0 Å². The summed E-state index contributed by atoms with van der Waals surface area (Å²) in [5.41, 5.74) is 5.86. The zero-order valence-electron chi connectivity index (χ0n) is 13.3. The lowest BCUT2D eigenvalue weighted by Crippen LogP contribution is -2.51. The van der Waals surface area contributed by atoms with Gasteiger partial charge in [-0.25, -0.2) is 0 Å². The van der Waals surface area contributed by atoms with Gasteiger partial charge in [0.15, 0.2) is 0 Å². The Bertz CT molecular complexity index is 307. The average molecular weight is 319 g/mol. The van der Waals surface area contributed by atoms with Crippen LogP contribution in [0, 0.1) is 5.92 Å². The van der Waals surface area contributed by atoms with Gasteiger partial charge in [0.25, 0.3) is 0 Å². The van der Waals surface area contributed by atoms with Crippen LogP contribution in [0.15, 0.2) is 0 Å². The summed E-state index contributed by atoms with van der Waals surface area (Å²) in [5, 5.41) is 0. The second kappa shape index (κ2) is 9.65. The van der Waals surface area contributed by atoms with Crippen molar-refractivity contribution in [3.05, 3.63) is 0 Å². The highest BCUT2D eigenvalue weighted by Crippen LogP contribution is 2.27. The molecule has 21 heavy (non-hydrogen) atoms. The van der Waals surface area contributed by atoms with Crippen molar-refractivity contribution in [1.29, 1.82) is 0 Å². The van der Waals surface area contributed by atoms with Crippen LogP contribution in [-0.4, -0.2) is 43.2 Å². The first-order valence-electron chi connectivity index (χ1n) is 8.27. The number of likely N-dealkylation sites (tertiary alicyclic amines) is 1. The lowest BCUT2D eigenvalue weighted by atomic mass is 9.93. The van der Waals surface area contributed by atoms with Crippen LogP contribution in [0.4, 0.5) is 0 Å². The number of carbonyl (C=O) groups is 1. The van der Waals surface area contributed by atoms with Gasteiger partial charge in [-0.2, -0.15) is 0 Å². The minimum Gasteiger partial charge on any atom is -0.381 e. The van der Waals surface area contributed by atoms with E-state index in [1.54, 1.807) is 7.11 Å². The minimum atomic E-state index is 0. The molecule has 2 aliphatic rings. The zero-order chi connectivity index (χ0) is 14.4. The number of ether oxygens (including phenoxy) is 1. The molecular formula is C16H31ClN2O2. The standard InChI is InChI=1S/C16H30N2O2.ClH/c1-20-15-8-9-18(14(11-15)12-17)16(19)10-13-6-4-2-3-5-7-13;/h13-15H,2-12,17H2,1H3;1H. The SMILES string of the molecule is COC1CCN(C(=O)CC2CCCCCC2)C(CN)C1.Cl. The van der Waals surface area contributed by atoms with Crippen molar-refractivity contribution in [3.63, 3.8) is 0 Å². The summed E-state index contributed by atoms with van der Waals surface area (Å²) >= 11 is 0. The number of amides is 1. The van der Waals surface area contributed by atoms with Gasteiger partial charge in [0.1, 0.15) is 0 Å². The largest absolute Gasteiger partial charge is 0.381 e. The molecule has 2 unspecified atom stereocenters. The molecule has 5 heteroatoms. The lowest BCUT2D eigenvalue weighted by molar-refractivity contribution is -0.137. The molecule has 124 valence electrons. The molecule has 2 N–H and O–H groups in total. The fourth-order valence-electron chi connectivity index (χ4n) is 3.71. The average Bonchev–Trinajstić information content (AvgIpc) is 2.75. The molecular weight excluding hydrogens is 288 g/mol. The van der Waals surface area contributed by atoms with Crippen LogP contribution < -0.4 is 5.73 Å². The minimum absolute atomic E-state index is 0. The number of carbonyl (C=O) groups excluding carboxylic acids is 1. The van der Waals surface area contributed by atoms with E-state index in [1.807, 2.05) is 4.90 Å². The summed E-state index contributed by atoms with van der Waals surface area (Å²) in [6.07, 6.45) is 10.6. The van der Waals surface area contributed by atoms with E-state index in [-0.39, 0.29) is 24.6 Å². The Labute approximate surface area is 135 Å².